The zero-order valence-electron chi connectivity index (χ0n) is 18.4. The number of rotatable bonds is 7. The second-order valence-electron chi connectivity index (χ2n) is 7.64. The first-order valence-corrected chi connectivity index (χ1v) is 10.4. The third-order valence-electron chi connectivity index (χ3n) is 5.07. The van der Waals surface area contributed by atoms with Crippen LogP contribution in [-0.4, -0.2) is 61.3 Å². The molecule has 166 valence electrons. The van der Waals surface area contributed by atoms with Gasteiger partial charge in [-0.3, -0.25) is 4.79 Å². The van der Waals surface area contributed by atoms with E-state index in [9.17, 15) is 4.79 Å². The number of carbonyl (C=O) groups is 1. The van der Waals surface area contributed by atoms with Gasteiger partial charge in [-0.05, 0) is 36.4 Å². The highest BCUT2D eigenvalue weighted by molar-refractivity contribution is 5.98. The lowest BCUT2D eigenvalue weighted by Crippen LogP contribution is -2.24. The summed E-state index contributed by atoms with van der Waals surface area (Å²) >= 11 is 0. The fourth-order valence-electron chi connectivity index (χ4n) is 3.40. The van der Waals surface area contributed by atoms with Gasteiger partial charge in [0, 0.05) is 44.0 Å². The molecular formula is C24H26N4O4. The molecule has 2 heterocycles. The summed E-state index contributed by atoms with van der Waals surface area (Å²) < 4.78 is 16.7. The average molecular weight is 434 g/mol. The van der Waals surface area contributed by atoms with Crippen LogP contribution >= 0.6 is 0 Å². The van der Waals surface area contributed by atoms with Crippen LogP contribution in [0, 0.1) is 0 Å². The molecule has 1 aromatic heterocycles. The quantitative estimate of drug-likeness (QED) is 0.606. The Bertz CT molecular complexity index is 1100. The molecule has 8 nitrogen and oxygen atoms in total. The number of anilines is 2. The first kappa shape index (κ1) is 21.6. The summed E-state index contributed by atoms with van der Waals surface area (Å²) in [6.45, 7) is 1.20. The van der Waals surface area contributed by atoms with Gasteiger partial charge in [0.2, 0.25) is 5.95 Å². The minimum absolute atomic E-state index is 0.0488. The van der Waals surface area contributed by atoms with Crippen molar-refractivity contribution >= 4 is 17.5 Å². The van der Waals surface area contributed by atoms with Crippen molar-refractivity contribution in [2.24, 2.45) is 0 Å². The Hall–Kier alpha value is -3.65. The molecule has 0 spiro atoms. The van der Waals surface area contributed by atoms with E-state index >= 15 is 0 Å². The fourth-order valence-corrected chi connectivity index (χ4v) is 3.40. The van der Waals surface area contributed by atoms with Crippen molar-refractivity contribution in [2.45, 2.75) is 12.5 Å². The number of nitrogens with one attached hydrogen (secondary N) is 1. The molecule has 1 atom stereocenters. The smallest absolute Gasteiger partial charge is 0.257 e. The van der Waals surface area contributed by atoms with E-state index in [1.807, 2.05) is 42.5 Å². The largest absolute Gasteiger partial charge is 0.497 e. The van der Waals surface area contributed by atoms with Crippen molar-refractivity contribution in [1.29, 1.82) is 0 Å². The van der Waals surface area contributed by atoms with Crippen LogP contribution in [0.4, 0.5) is 11.6 Å². The van der Waals surface area contributed by atoms with Crippen LogP contribution in [0.3, 0.4) is 0 Å². The Labute approximate surface area is 187 Å². The van der Waals surface area contributed by atoms with Crippen LogP contribution in [0.15, 0.2) is 54.7 Å². The molecule has 0 unspecified atom stereocenters. The molecule has 0 radical (unpaired) electrons. The summed E-state index contributed by atoms with van der Waals surface area (Å²) in [6.07, 6.45) is 2.44. The van der Waals surface area contributed by atoms with Gasteiger partial charge in [-0.25, -0.2) is 9.97 Å². The number of benzene rings is 2. The number of carbonyl (C=O) groups excluding carboxylic acids is 1. The van der Waals surface area contributed by atoms with Gasteiger partial charge in [-0.15, -0.1) is 0 Å². The predicted molar refractivity (Wildman–Crippen MR) is 122 cm³/mol. The maximum Gasteiger partial charge on any atom is 0.257 e. The third-order valence-corrected chi connectivity index (χ3v) is 5.07. The molecule has 8 heteroatoms. The van der Waals surface area contributed by atoms with E-state index in [0.717, 1.165) is 23.4 Å². The first-order valence-electron chi connectivity index (χ1n) is 10.4. The summed E-state index contributed by atoms with van der Waals surface area (Å²) in [4.78, 5) is 23.3. The highest BCUT2D eigenvalue weighted by Crippen LogP contribution is 2.29. The second kappa shape index (κ2) is 9.65. The van der Waals surface area contributed by atoms with Crippen LogP contribution in [0.5, 0.6) is 11.5 Å². The molecule has 4 rings (SSSR count). The summed E-state index contributed by atoms with van der Waals surface area (Å²) in [7, 11) is 5.06. The number of hydrogen-bond acceptors (Lipinski definition) is 7. The zero-order chi connectivity index (χ0) is 22.5. The number of hydrogen-bond donors (Lipinski definition) is 1. The summed E-state index contributed by atoms with van der Waals surface area (Å²) in [5, 5.41) is 3.19. The van der Waals surface area contributed by atoms with Crippen molar-refractivity contribution < 1.29 is 19.0 Å². The van der Waals surface area contributed by atoms with Crippen molar-refractivity contribution in [2.75, 3.05) is 39.7 Å². The summed E-state index contributed by atoms with van der Waals surface area (Å²) in [5.74, 6) is 1.59. The fraction of sp³-hybridized carbons (Fsp3) is 0.292. The zero-order valence-corrected chi connectivity index (χ0v) is 18.4. The van der Waals surface area contributed by atoms with Gasteiger partial charge in [-0.1, -0.05) is 6.07 Å². The van der Waals surface area contributed by atoms with Gasteiger partial charge in [0.15, 0.2) is 0 Å². The lowest BCUT2D eigenvalue weighted by molar-refractivity contribution is 0.0817. The van der Waals surface area contributed by atoms with E-state index in [0.29, 0.717) is 36.2 Å². The normalized spacial score (nSPS) is 15.3. The highest BCUT2D eigenvalue weighted by Gasteiger charge is 2.22. The maximum absolute atomic E-state index is 12.8. The number of methoxy groups -OCH3 is 1. The van der Waals surface area contributed by atoms with Crippen LogP contribution in [0.25, 0.3) is 11.3 Å². The van der Waals surface area contributed by atoms with E-state index in [2.05, 4.69) is 15.3 Å². The number of ether oxygens (including phenoxy) is 3. The van der Waals surface area contributed by atoms with Crippen molar-refractivity contribution in [3.63, 3.8) is 0 Å². The van der Waals surface area contributed by atoms with Crippen molar-refractivity contribution in [1.82, 2.24) is 14.9 Å². The topological polar surface area (TPSA) is 85.8 Å². The average Bonchev–Trinajstić information content (AvgIpc) is 3.32. The standard InChI is InChI=1S/C24H26N4O4/c1-28(2)23(29)20-13-16(7-8-22(20)32-19-10-12-31-15-19)21-9-11-25-24(27-21)26-17-5-4-6-18(14-17)30-3/h4-9,11,13-14,19H,10,12,15H2,1-3H3,(H,25,26,27)/t19-/m1/s1. The maximum atomic E-state index is 12.8. The van der Waals surface area contributed by atoms with E-state index in [4.69, 9.17) is 14.2 Å². The summed E-state index contributed by atoms with van der Waals surface area (Å²) in [5.41, 5.74) is 2.78. The van der Waals surface area contributed by atoms with Crippen LogP contribution in [0.1, 0.15) is 16.8 Å². The van der Waals surface area contributed by atoms with Crippen LogP contribution in [-0.2, 0) is 4.74 Å². The van der Waals surface area contributed by atoms with Gasteiger partial charge in [0.05, 0.1) is 31.6 Å². The Balaban J connectivity index is 1.63. The molecule has 32 heavy (non-hydrogen) atoms. The Morgan fingerprint density at radius 1 is 1.19 bits per heavy atom. The van der Waals surface area contributed by atoms with Gasteiger partial charge in [0.1, 0.15) is 17.6 Å². The van der Waals surface area contributed by atoms with Gasteiger partial charge < -0.3 is 24.4 Å². The molecule has 0 aliphatic carbocycles. The third kappa shape index (κ3) is 4.97. The Morgan fingerprint density at radius 3 is 2.81 bits per heavy atom. The van der Waals surface area contributed by atoms with E-state index < -0.39 is 0 Å². The molecule has 2 aromatic carbocycles. The number of nitrogens with zero attached hydrogens (tertiary/aromatic N) is 3. The molecular weight excluding hydrogens is 408 g/mol. The predicted octanol–water partition coefficient (Wildman–Crippen LogP) is 3.77. The van der Waals surface area contributed by atoms with Crippen molar-refractivity contribution in [3.8, 4) is 22.8 Å². The van der Waals surface area contributed by atoms with Gasteiger partial charge in [0.25, 0.3) is 5.91 Å². The van der Waals surface area contributed by atoms with E-state index in [-0.39, 0.29) is 12.0 Å². The molecule has 0 bridgehead atoms. The highest BCUT2D eigenvalue weighted by atomic mass is 16.5. The lowest BCUT2D eigenvalue weighted by atomic mass is 10.1. The molecule has 1 fully saturated rings. The Morgan fingerprint density at radius 2 is 2.06 bits per heavy atom. The molecule has 1 amide bonds. The minimum Gasteiger partial charge on any atom is -0.497 e. The molecule has 3 aromatic rings. The number of aromatic nitrogens is 2. The molecule has 0 saturated carbocycles. The molecule has 1 saturated heterocycles. The second-order valence-corrected chi connectivity index (χ2v) is 7.64. The molecule has 1 aliphatic heterocycles. The van der Waals surface area contributed by atoms with Gasteiger partial charge in [-0.2, -0.15) is 0 Å². The van der Waals surface area contributed by atoms with Crippen LogP contribution < -0.4 is 14.8 Å². The van der Waals surface area contributed by atoms with E-state index in [1.54, 1.807) is 33.5 Å². The lowest BCUT2D eigenvalue weighted by Gasteiger charge is -2.18. The van der Waals surface area contributed by atoms with E-state index in [1.165, 1.54) is 4.90 Å². The SMILES string of the molecule is COc1cccc(Nc2nccc(-c3ccc(O[C@@H]4CCOC4)c(C(=O)N(C)C)c3)n2)c1. The monoisotopic (exact) mass is 434 g/mol. The summed E-state index contributed by atoms with van der Waals surface area (Å²) in [6, 6.07) is 14.9. The minimum atomic E-state index is -0.135. The van der Waals surface area contributed by atoms with Gasteiger partial charge >= 0.3 is 0 Å². The molecule has 1 aliphatic rings. The Kier molecular flexibility index (Phi) is 6.51. The van der Waals surface area contributed by atoms with Crippen molar-refractivity contribution in [3.05, 3.63) is 60.3 Å². The molecule has 1 N–H and O–H groups in total. The number of amides is 1. The van der Waals surface area contributed by atoms with Crippen LogP contribution in [0.2, 0.25) is 0 Å². The first-order chi connectivity index (χ1) is 15.5.